The first-order chi connectivity index (χ1) is 14.5. The standard InChI is InChI=1S/C22H22ClFN2O4/c1-3-26-18(13-30-15-11-9-14(24)10-12-15)19(21(27)29-4-2)20(25-22(26)28)16-7-5-6-8-17(16)23/h5-12,20H,3-4,13H2,1-2H3,(H,25,28)/t20-/m1/s1. The lowest BCUT2D eigenvalue weighted by atomic mass is 9.94. The molecule has 6 nitrogen and oxygen atoms in total. The summed E-state index contributed by atoms with van der Waals surface area (Å²) in [6.45, 7) is 3.89. The Kier molecular flexibility index (Phi) is 6.95. The zero-order chi connectivity index (χ0) is 21.7. The lowest BCUT2D eigenvalue weighted by Gasteiger charge is -2.36. The molecule has 0 aliphatic carbocycles. The summed E-state index contributed by atoms with van der Waals surface area (Å²) in [5.41, 5.74) is 1.19. The van der Waals surface area contributed by atoms with E-state index in [4.69, 9.17) is 21.1 Å². The number of halogens is 2. The van der Waals surface area contributed by atoms with Crippen LogP contribution in [0.4, 0.5) is 9.18 Å². The Balaban J connectivity index is 2.07. The molecule has 0 saturated carbocycles. The molecule has 2 aromatic carbocycles. The van der Waals surface area contributed by atoms with Crippen molar-refractivity contribution in [1.29, 1.82) is 0 Å². The number of urea groups is 1. The van der Waals surface area contributed by atoms with Gasteiger partial charge in [-0.05, 0) is 49.7 Å². The Bertz CT molecular complexity index is 962. The van der Waals surface area contributed by atoms with Crippen LogP contribution in [0.15, 0.2) is 59.8 Å². The Morgan fingerprint density at radius 1 is 1.17 bits per heavy atom. The molecule has 1 heterocycles. The maximum atomic E-state index is 13.2. The van der Waals surface area contributed by atoms with E-state index >= 15 is 0 Å². The van der Waals surface area contributed by atoms with E-state index in [0.717, 1.165) is 0 Å². The van der Waals surface area contributed by atoms with E-state index in [9.17, 15) is 14.0 Å². The van der Waals surface area contributed by atoms with E-state index in [-0.39, 0.29) is 30.6 Å². The van der Waals surface area contributed by atoms with Crippen molar-refractivity contribution in [2.24, 2.45) is 0 Å². The maximum absolute atomic E-state index is 13.2. The van der Waals surface area contributed by atoms with Gasteiger partial charge in [0.05, 0.1) is 23.9 Å². The summed E-state index contributed by atoms with van der Waals surface area (Å²) in [5, 5.41) is 3.25. The highest BCUT2D eigenvalue weighted by atomic mass is 35.5. The van der Waals surface area contributed by atoms with Crippen molar-refractivity contribution in [1.82, 2.24) is 10.2 Å². The molecule has 1 aliphatic rings. The number of likely N-dealkylation sites (N-methyl/N-ethyl adjacent to an activating group) is 1. The number of hydrogen-bond acceptors (Lipinski definition) is 4. The third-order valence-electron chi connectivity index (χ3n) is 4.66. The van der Waals surface area contributed by atoms with Crippen LogP contribution in [-0.2, 0) is 9.53 Å². The predicted octanol–water partition coefficient (Wildman–Crippen LogP) is 4.46. The number of ether oxygens (including phenoxy) is 2. The number of carbonyl (C=O) groups is 2. The minimum atomic E-state index is -0.792. The van der Waals surface area contributed by atoms with Crippen molar-refractivity contribution in [3.8, 4) is 5.75 Å². The van der Waals surface area contributed by atoms with Crippen molar-refractivity contribution in [2.45, 2.75) is 19.9 Å². The molecule has 2 amide bonds. The van der Waals surface area contributed by atoms with Gasteiger partial charge in [0.1, 0.15) is 18.2 Å². The predicted molar refractivity (Wildman–Crippen MR) is 111 cm³/mol. The van der Waals surface area contributed by atoms with Gasteiger partial charge < -0.3 is 14.8 Å². The zero-order valence-corrected chi connectivity index (χ0v) is 17.4. The molecule has 158 valence electrons. The highest BCUT2D eigenvalue weighted by Gasteiger charge is 2.38. The fourth-order valence-corrected chi connectivity index (χ4v) is 3.51. The van der Waals surface area contributed by atoms with E-state index in [2.05, 4.69) is 5.32 Å². The Hall–Kier alpha value is -3.06. The number of carbonyl (C=O) groups excluding carboxylic acids is 2. The van der Waals surface area contributed by atoms with Crippen LogP contribution in [0, 0.1) is 5.82 Å². The number of nitrogens with zero attached hydrogens (tertiary/aromatic N) is 1. The number of hydrogen-bond donors (Lipinski definition) is 1. The van der Waals surface area contributed by atoms with Gasteiger partial charge in [-0.3, -0.25) is 4.90 Å². The number of benzene rings is 2. The van der Waals surface area contributed by atoms with E-state index in [0.29, 0.717) is 28.6 Å². The minimum Gasteiger partial charge on any atom is -0.487 e. The molecule has 8 heteroatoms. The van der Waals surface area contributed by atoms with Gasteiger partial charge in [0.2, 0.25) is 0 Å². The van der Waals surface area contributed by atoms with Crippen LogP contribution in [0.3, 0.4) is 0 Å². The van der Waals surface area contributed by atoms with Crippen molar-refractivity contribution in [3.63, 3.8) is 0 Å². The second-order valence-electron chi connectivity index (χ2n) is 6.47. The molecule has 0 bridgehead atoms. The average Bonchev–Trinajstić information content (AvgIpc) is 2.73. The van der Waals surface area contributed by atoms with E-state index < -0.39 is 12.0 Å². The Morgan fingerprint density at radius 3 is 2.50 bits per heavy atom. The number of rotatable bonds is 7. The monoisotopic (exact) mass is 432 g/mol. The van der Waals surface area contributed by atoms with Gasteiger partial charge >= 0.3 is 12.0 Å². The molecule has 2 aromatic rings. The summed E-state index contributed by atoms with van der Waals surface area (Å²) < 4.78 is 24.2. The second-order valence-corrected chi connectivity index (χ2v) is 6.88. The maximum Gasteiger partial charge on any atom is 0.338 e. The summed E-state index contributed by atoms with van der Waals surface area (Å²) in [7, 11) is 0. The summed E-state index contributed by atoms with van der Waals surface area (Å²) in [5.74, 6) is -0.554. The van der Waals surface area contributed by atoms with Crippen LogP contribution >= 0.6 is 11.6 Å². The molecule has 1 N–H and O–H groups in total. The molecule has 0 unspecified atom stereocenters. The van der Waals surface area contributed by atoms with Gasteiger partial charge in [-0.1, -0.05) is 29.8 Å². The molecule has 30 heavy (non-hydrogen) atoms. The molecule has 1 aliphatic heterocycles. The van der Waals surface area contributed by atoms with Crippen molar-refractivity contribution in [3.05, 3.63) is 76.2 Å². The normalized spacial score (nSPS) is 16.3. The van der Waals surface area contributed by atoms with Crippen LogP contribution in [0.2, 0.25) is 5.02 Å². The van der Waals surface area contributed by atoms with Crippen LogP contribution in [0.1, 0.15) is 25.5 Å². The number of esters is 1. The van der Waals surface area contributed by atoms with E-state index in [1.807, 2.05) is 0 Å². The Morgan fingerprint density at radius 2 is 1.87 bits per heavy atom. The summed E-state index contributed by atoms with van der Waals surface area (Å²) in [6.07, 6.45) is 0. The highest BCUT2D eigenvalue weighted by molar-refractivity contribution is 6.31. The fourth-order valence-electron chi connectivity index (χ4n) is 3.27. The molecule has 0 radical (unpaired) electrons. The fraction of sp³-hybridized carbons (Fsp3) is 0.273. The van der Waals surface area contributed by atoms with Crippen molar-refractivity contribution < 1.29 is 23.5 Å². The number of nitrogens with one attached hydrogen (secondary N) is 1. The Labute approximate surface area is 179 Å². The SMILES string of the molecule is CCOC(=O)C1=C(COc2ccc(F)cc2)N(CC)C(=O)N[C@@H]1c1ccccc1Cl. The quantitative estimate of drug-likeness (QED) is 0.656. The van der Waals surface area contributed by atoms with Crippen LogP contribution in [-0.4, -0.2) is 36.7 Å². The van der Waals surface area contributed by atoms with Gasteiger partial charge in [0, 0.05) is 11.6 Å². The van der Waals surface area contributed by atoms with Crippen molar-refractivity contribution in [2.75, 3.05) is 19.8 Å². The summed E-state index contributed by atoms with van der Waals surface area (Å²) >= 11 is 6.35. The topological polar surface area (TPSA) is 67.9 Å². The van der Waals surface area contributed by atoms with Crippen molar-refractivity contribution >= 4 is 23.6 Å². The minimum absolute atomic E-state index is 0.0814. The van der Waals surface area contributed by atoms with E-state index in [1.165, 1.54) is 29.2 Å². The smallest absolute Gasteiger partial charge is 0.338 e. The molecular formula is C22H22ClFN2O4. The van der Waals surface area contributed by atoms with Crippen LogP contribution in [0.5, 0.6) is 5.75 Å². The second kappa shape index (κ2) is 9.63. The molecule has 0 spiro atoms. The van der Waals surface area contributed by atoms with E-state index in [1.54, 1.807) is 38.1 Å². The first-order valence-electron chi connectivity index (χ1n) is 9.57. The molecule has 1 atom stereocenters. The lowest BCUT2D eigenvalue weighted by Crippen LogP contribution is -2.49. The molecule has 3 rings (SSSR count). The molecule has 0 aromatic heterocycles. The van der Waals surface area contributed by atoms with Gasteiger partial charge in [-0.2, -0.15) is 0 Å². The number of amides is 2. The molecule has 0 saturated heterocycles. The molecule has 0 fully saturated rings. The summed E-state index contributed by atoms with van der Waals surface area (Å²) in [4.78, 5) is 27.1. The van der Waals surface area contributed by atoms with Gasteiger partial charge in [0.15, 0.2) is 0 Å². The van der Waals surface area contributed by atoms with Gasteiger partial charge in [-0.25, -0.2) is 14.0 Å². The lowest BCUT2D eigenvalue weighted by molar-refractivity contribution is -0.139. The third-order valence-corrected chi connectivity index (χ3v) is 5.00. The van der Waals surface area contributed by atoms with Gasteiger partial charge in [-0.15, -0.1) is 0 Å². The average molecular weight is 433 g/mol. The molecular weight excluding hydrogens is 411 g/mol. The summed E-state index contributed by atoms with van der Waals surface area (Å²) in [6, 6.07) is 11.3. The van der Waals surface area contributed by atoms with Crippen LogP contribution in [0.25, 0.3) is 0 Å². The first kappa shape index (κ1) is 21.6. The third kappa shape index (κ3) is 4.57. The highest BCUT2D eigenvalue weighted by Crippen LogP contribution is 2.35. The largest absolute Gasteiger partial charge is 0.487 e. The van der Waals surface area contributed by atoms with Gasteiger partial charge in [0.25, 0.3) is 0 Å². The van der Waals surface area contributed by atoms with Crippen LogP contribution < -0.4 is 10.1 Å². The first-order valence-corrected chi connectivity index (χ1v) is 9.95. The zero-order valence-electron chi connectivity index (χ0n) is 16.7.